The molecule has 1 atom stereocenters. The fraction of sp³-hybridized carbons (Fsp3) is 0.158. The average Bonchev–Trinajstić information content (AvgIpc) is 3.16. The quantitative estimate of drug-likeness (QED) is 0.205. The van der Waals surface area contributed by atoms with E-state index in [0.29, 0.717) is 11.5 Å². The Labute approximate surface area is 252 Å². The molecule has 0 amide bonds. The summed E-state index contributed by atoms with van der Waals surface area (Å²) < 4.78 is 27.0. The third-order valence-corrected chi connectivity index (χ3v) is 9.52. The van der Waals surface area contributed by atoms with Crippen molar-refractivity contribution < 1.29 is 13.6 Å². The normalized spacial score (nSPS) is 15.8. The van der Waals surface area contributed by atoms with Crippen molar-refractivity contribution in [2.24, 2.45) is 5.50 Å². The molecule has 214 valence electrons. The Morgan fingerprint density at radius 3 is 1.58 bits per heavy atom. The van der Waals surface area contributed by atoms with Crippen LogP contribution in [0.4, 0.5) is 0 Å². The molecule has 1 heterocycles. The van der Waals surface area contributed by atoms with Crippen LogP contribution in [-0.2, 0) is 23.8 Å². The number of hydrogen-bond donors (Lipinski definition) is 1. The maximum absolute atomic E-state index is 14.2. The van der Waals surface area contributed by atoms with Gasteiger partial charge in [0, 0.05) is 22.3 Å². The first kappa shape index (κ1) is 27.5. The third-order valence-electron chi connectivity index (χ3n) is 8.65. The van der Waals surface area contributed by atoms with Crippen LogP contribution in [0.5, 0.6) is 11.5 Å². The van der Waals surface area contributed by atoms with Gasteiger partial charge in [0.1, 0.15) is 11.5 Å². The largest absolute Gasteiger partial charge is 0.510 e. The average molecular weight is 584 g/mol. The fourth-order valence-electron chi connectivity index (χ4n) is 6.68. The van der Waals surface area contributed by atoms with Crippen LogP contribution in [-0.4, -0.2) is 0 Å². The standard InChI is InChI=1S/C38H34NO3P/c1-4-24-14-7-10-19-29(24)32-22-27-15-8-11-20-30(27)35-36-31-21-12-9-16-28(31)23-33(38(36)42-43(39,40)41-37(32)35)34-25(5-2)17-13-18-26(34)6-3/h7-23H,4-6H2,1-3H3,(H2,39,40). The second-order valence-electron chi connectivity index (χ2n) is 11.1. The fourth-order valence-corrected chi connectivity index (χ4v) is 7.61. The molecule has 0 spiro atoms. The molecule has 0 bridgehead atoms. The second-order valence-corrected chi connectivity index (χ2v) is 12.5. The minimum Gasteiger partial charge on any atom is -0.403 e. The number of fused-ring (bicyclic) bond motifs is 7. The van der Waals surface area contributed by atoms with E-state index in [1.54, 1.807) is 0 Å². The molecular weight excluding hydrogens is 549 g/mol. The first-order valence-electron chi connectivity index (χ1n) is 15.0. The molecule has 1 unspecified atom stereocenters. The lowest BCUT2D eigenvalue weighted by Crippen LogP contribution is -2.09. The summed E-state index contributed by atoms with van der Waals surface area (Å²) in [7, 11) is -4.12. The number of aryl methyl sites for hydroxylation is 3. The molecule has 1 aliphatic rings. The molecule has 1 aliphatic heterocycles. The molecular formula is C38H34NO3P. The Bertz CT molecular complexity index is 2080. The highest BCUT2D eigenvalue weighted by Crippen LogP contribution is 2.61. The van der Waals surface area contributed by atoms with Crippen LogP contribution < -0.4 is 14.6 Å². The first-order valence-corrected chi connectivity index (χ1v) is 16.6. The summed E-state index contributed by atoms with van der Waals surface area (Å²) in [5, 5.41) is 4.11. The van der Waals surface area contributed by atoms with Crippen LogP contribution >= 0.6 is 7.75 Å². The number of nitrogens with two attached hydrogens (primary N) is 1. The first-order chi connectivity index (χ1) is 20.9. The second kappa shape index (κ2) is 10.7. The molecule has 6 aromatic rings. The molecule has 0 saturated heterocycles. The molecule has 0 aliphatic carbocycles. The predicted octanol–water partition coefficient (Wildman–Crippen LogP) is 10.5. The van der Waals surface area contributed by atoms with E-state index in [4.69, 9.17) is 14.6 Å². The Balaban J connectivity index is 1.72. The number of benzene rings is 6. The zero-order valence-electron chi connectivity index (χ0n) is 24.7. The highest BCUT2D eigenvalue weighted by molar-refractivity contribution is 7.52. The van der Waals surface area contributed by atoms with Crippen LogP contribution in [0, 0.1) is 0 Å². The van der Waals surface area contributed by atoms with Gasteiger partial charge in [-0.1, -0.05) is 112 Å². The van der Waals surface area contributed by atoms with E-state index >= 15 is 0 Å². The highest BCUT2D eigenvalue weighted by atomic mass is 31.2. The van der Waals surface area contributed by atoms with Gasteiger partial charge in [0.25, 0.3) is 0 Å². The van der Waals surface area contributed by atoms with Crippen molar-refractivity contribution in [1.82, 2.24) is 0 Å². The van der Waals surface area contributed by atoms with Crippen molar-refractivity contribution >= 4 is 29.3 Å². The molecule has 0 saturated carbocycles. The molecule has 0 aromatic heterocycles. The maximum atomic E-state index is 14.2. The van der Waals surface area contributed by atoms with E-state index < -0.39 is 7.75 Å². The van der Waals surface area contributed by atoms with E-state index in [-0.39, 0.29) is 0 Å². The summed E-state index contributed by atoms with van der Waals surface area (Å²) >= 11 is 0. The topological polar surface area (TPSA) is 61.5 Å². The molecule has 6 aromatic carbocycles. The van der Waals surface area contributed by atoms with Gasteiger partial charge >= 0.3 is 7.75 Å². The van der Waals surface area contributed by atoms with Crippen molar-refractivity contribution in [3.05, 3.63) is 120 Å². The van der Waals surface area contributed by atoms with Gasteiger partial charge in [-0.15, -0.1) is 0 Å². The van der Waals surface area contributed by atoms with Gasteiger partial charge in [0.05, 0.1) is 0 Å². The van der Waals surface area contributed by atoms with Crippen LogP contribution in [0.1, 0.15) is 37.5 Å². The van der Waals surface area contributed by atoms with Gasteiger partial charge in [0.2, 0.25) is 0 Å². The van der Waals surface area contributed by atoms with Gasteiger partial charge in [-0.05, 0) is 80.8 Å². The van der Waals surface area contributed by atoms with E-state index in [9.17, 15) is 4.57 Å². The zero-order chi connectivity index (χ0) is 29.7. The molecule has 7 rings (SSSR count). The van der Waals surface area contributed by atoms with Crippen molar-refractivity contribution in [3.63, 3.8) is 0 Å². The van der Waals surface area contributed by atoms with Gasteiger partial charge in [0.15, 0.2) is 0 Å². The summed E-state index contributed by atoms with van der Waals surface area (Å²) in [6.45, 7) is 6.47. The smallest absolute Gasteiger partial charge is 0.403 e. The van der Waals surface area contributed by atoms with Crippen molar-refractivity contribution in [1.29, 1.82) is 0 Å². The van der Waals surface area contributed by atoms with Crippen LogP contribution in [0.3, 0.4) is 0 Å². The highest BCUT2D eigenvalue weighted by Gasteiger charge is 2.36. The third kappa shape index (κ3) is 4.54. The maximum Gasteiger partial charge on any atom is 0.510 e. The van der Waals surface area contributed by atoms with Crippen LogP contribution in [0.15, 0.2) is 103 Å². The number of rotatable bonds is 5. The summed E-state index contributed by atoms with van der Waals surface area (Å²) in [4.78, 5) is 0. The molecule has 5 heteroatoms. The van der Waals surface area contributed by atoms with E-state index in [1.807, 2.05) is 30.3 Å². The van der Waals surface area contributed by atoms with Gasteiger partial charge in [-0.3, -0.25) is 0 Å². The van der Waals surface area contributed by atoms with Gasteiger partial charge in [-0.2, -0.15) is 0 Å². The zero-order valence-corrected chi connectivity index (χ0v) is 25.6. The number of hydrogen-bond acceptors (Lipinski definition) is 3. The van der Waals surface area contributed by atoms with Crippen molar-refractivity contribution in [2.75, 3.05) is 0 Å². The predicted molar refractivity (Wildman–Crippen MR) is 179 cm³/mol. The molecule has 43 heavy (non-hydrogen) atoms. The summed E-state index contributed by atoms with van der Waals surface area (Å²) in [5.41, 5.74) is 15.7. The van der Waals surface area contributed by atoms with Crippen molar-refractivity contribution in [3.8, 4) is 44.9 Å². The van der Waals surface area contributed by atoms with Gasteiger partial charge < -0.3 is 9.05 Å². The SMILES string of the molecule is CCc1ccccc1-c1cc2ccccc2c2c1OP(N)(=O)Oc1c(-c3c(CC)cccc3CC)cc3ccccc3c1-2. The van der Waals surface area contributed by atoms with Gasteiger partial charge in [-0.25, -0.2) is 10.1 Å². The van der Waals surface area contributed by atoms with E-state index in [2.05, 4.69) is 93.6 Å². The minimum atomic E-state index is -4.12. The minimum absolute atomic E-state index is 0.492. The lowest BCUT2D eigenvalue weighted by molar-refractivity contribution is 0.394. The van der Waals surface area contributed by atoms with Crippen LogP contribution in [0.2, 0.25) is 0 Å². The lowest BCUT2D eigenvalue weighted by Gasteiger charge is -2.21. The van der Waals surface area contributed by atoms with E-state index in [0.717, 1.165) is 74.2 Å². The molecule has 0 fully saturated rings. The monoisotopic (exact) mass is 583 g/mol. The molecule has 4 nitrogen and oxygen atoms in total. The molecule has 0 radical (unpaired) electrons. The van der Waals surface area contributed by atoms with Crippen LogP contribution in [0.25, 0.3) is 54.9 Å². The Kier molecular flexibility index (Phi) is 6.85. The summed E-state index contributed by atoms with van der Waals surface area (Å²) in [6, 6.07) is 35.6. The Morgan fingerprint density at radius 1 is 0.535 bits per heavy atom. The van der Waals surface area contributed by atoms with E-state index in [1.165, 1.54) is 16.7 Å². The Hall–Kier alpha value is -4.37. The molecule has 2 N–H and O–H groups in total. The van der Waals surface area contributed by atoms with Crippen molar-refractivity contribution in [2.45, 2.75) is 40.0 Å². The lowest BCUT2D eigenvalue weighted by atomic mass is 9.84. The summed E-state index contributed by atoms with van der Waals surface area (Å²) in [5.74, 6) is 0.996. The summed E-state index contributed by atoms with van der Waals surface area (Å²) in [6.07, 6.45) is 2.53. The Morgan fingerprint density at radius 2 is 1.00 bits per heavy atom.